The minimum absolute atomic E-state index is 0.00283. The Morgan fingerprint density at radius 2 is 2.44 bits per heavy atom. The summed E-state index contributed by atoms with van der Waals surface area (Å²) in [6, 6.07) is 0.00283. The summed E-state index contributed by atoms with van der Waals surface area (Å²) in [4.78, 5) is 19.0. The Morgan fingerprint density at radius 3 is 2.94 bits per heavy atom. The lowest BCUT2D eigenvalue weighted by Crippen LogP contribution is -2.29. The second-order valence-corrected chi connectivity index (χ2v) is 4.71. The van der Waals surface area contributed by atoms with Crippen molar-refractivity contribution in [1.29, 1.82) is 0 Å². The maximum absolute atomic E-state index is 11.6. The number of amides is 1. The van der Waals surface area contributed by atoms with Crippen LogP contribution >= 0.6 is 11.8 Å². The zero-order valence-corrected chi connectivity index (χ0v) is 10.9. The molecule has 0 aliphatic carbocycles. The quantitative estimate of drug-likeness (QED) is 0.801. The Balaban J connectivity index is 2.52. The number of H-pyrrole nitrogens is 1. The van der Waals surface area contributed by atoms with E-state index < -0.39 is 0 Å². The summed E-state index contributed by atoms with van der Waals surface area (Å²) < 4.78 is 0. The van der Waals surface area contributed by atoms with Gasteiger partial charge in [-0.2, -0.15) is 11.8 Å². The van der Waals surface area contributed by atoms with Gasteiger partial charge in [0.25, 0.3) is 0 Å². The second-order valence-electron chi connectivity index (χ2n) is 3.72. The molecule has 0 aromatic carbocycles. The van der Waals surface area contributed by atoms with Gasteiger partial charge in [0, 0.05) is 24.1 Å². The largest absolute Gasteiger partial charge is 0.346 e. The van der Waals surface area contributed by atoms with E-state index in [4.69, 9.17) is 0 Å². The third-order valence-electron chi connectivity index (χ3n) is 2.33. The Labute approximate surface area is 101 Å². The fourth-order valence-electron chi connectivity index (χ4n) is 1.44. The molecule has 90 valence electrons. The first-order chi connectivity index (χ1) is 7.67. The van der Waals surface area contributed by atoms with Gasteiger partial charge in [0.15, 0.2) is 0 Å². The molecule has 2 N–H and O–H groups in total. The number of rotatable bonds is 6. The monoisotopic (exact) mass is 241 g/mol. The Hall–Kier alpha value is -0.970. The number of hydrogen-bond acceptors (Lipinski definition) is 3. The molecule has 0 saturated heterocycles. The van der Waals surface area contributed by atoms with Gasteiger partial charge < -0.3 is 10.3 Å². The number of carbonyl (C=O) groups excluding carboxylic acids is 1. The lowest BCUT2D eigenvalue weighted by atomic mass is 10.2. The van der Waals surface area contributed by atoms with Gasteiger partial charge in [-0.15, -0.1) is 0 Å². The maximum atomic E-state index is 11.6. The van der Waals surface area contributed by atoms with Crippen LogP contribution in [0, 0.1) is 6.92 Å². The molecule has 0 saturated carbocycles. The molecular formula is C11H19N3OS. The number of imidazole rings is 1. The topological polar surface area (TPSA) is 57.8 Å². The van der Waals surface area contributed by atoms with Crippen LogP contribution in [0.15, 0.2) is 6.20 Å². The first-order valence-corrected chi connectivity index (χ1v) is 6.86. The minimum atomic E-state index is 0.00283. The molecule has 0 aliphatic heterocycles. The first kappa shape index (κ1) is 13.1. The van der Waals surface area contributed by atoms with Crippen LogP contribution in [0.1, 0.15) is 37.3 Å². The highest BCUT2D eigenvalue weighted by atomic mass is 32.2. The number of thioether (sulfide) groups is 1. The second kappa shape index (κ2) is 6.58. The van der Waals surface area contributed by atoms with E-state index in [2.05, 4.69) is 15.3 Å². The summed E-state index contributed by atoms with van der Waals surface area (Å²) in [5.41, 5.74) is 1.02. The number of nitrogens with one attached hydrogen (secondary N) is 2. The molecule has 0 spiro atoms. The highest BCUT2D eigenvalue weighted by Crippen LogP contribution is 2.13. The van der Waals surface area contributed by atoms with Gasteiger partial charge in [0.2, 0.25) is 5.91 Å². The van der Waals surface area contributed by atoms with Crippen LogP contribution in [0.3, 0.4) is 0 Å². The number of aromatic nitrogens is 2. The Kier molecular flexibility index (Phi) is 5.38. The maximum Gasteiger partial charge on any atom is 0.221 e. The molecule has 1 rings (SSSR count). The summed E-state index contributed by atoms with van der Waals surface area (Å²) in [6.45, 7) is 4.00. The zero-order chi connectivity index (χ0) is 12.0. The SMILES string of the molecule is CC[C@H](NC(=O)CCSC)c1ncc(C)[nH]1. The molecule has 0 bridgehead atoms. The standard InChI is InChI=1S/C11H19N3OS/c1-4-9(11-12-7-8(2)13-11)14-10(15)5-6-16-3/h7,9H,4-6H2,1-3H3,(H,12,13)(H,14,15)/t9-/m0/s1. The van der Waals surface area contributed by atoms with Gasteiger partial charge in [-0.1, -0.05) is 6.92 Å². The van der Waals surface area contributed by atoms with Crippen molar-refractivity contribution >= 4 is 17.7 Å². The molecule has 16 heavy (non-hydrogen) atoms. The summed E-state index contributed by atoms with van der Waals surface area (Å²) in [6.07, 6.45) is 5.20. The zero-order valence-electron chi connectivity index (χ0n) is 10.0. The van der Waals surface area contributed by atoms with Crippen molar-refractivity contribution in [3.05, 3.63) is 17.7 Å². The fraction of sp³-hybridized carbons (Fsp3) is 0.636. The van der Waals surface area contributed by atoms with Gasteiger partial charge in [-0.05, 0) is 19.6 Å². The van der Waals surface area contributed by atoms with Crippen molar-refractivity contribution in [3.63, 3.8) is 0 Å². The molecule has 1 aromatic rings. The number of hydrogen-bond donors (Lipinski definition) is 2. The van der Waals surface area contributed by atoms with Gasteiger partial charge in [-0.25, -0.2) is 4.98 Å². The normalized spacial score (nSPS) is 12.4. The number of carbonyl (C=O) groups is 1. The van der Waals surface area contributed by atoms with Crippen LogP contribution in [0.5, 0.6) is 0 Å². The van der Waals surface area contributed by atoms with Crippen LogP contribution in [-0.2, 0) is 4.79 Å². The highest BCUT2D eigenvalue weighted by molar-refractivity contribution is 7.98. The van der Waals surface area contributed by atoms with E-state index >= 15 is 0 Å². The Morgan fingerprint density at radius 1 is 1.69 bits per heavy atom. The molecule has 0 aliphatic rings. The van der Waals surface area contributed by atoms with Crippen molar-refractivity contribution in [1.82, 2.24) is 15.3 Å². The van der Waals surface area contributed by atoms with Crippen LogP contribution in [0.2, 0.25) is 0 Å². The molecule has 0 radical (unpaired) electrons. The summed E-state index contributed by atoms with van der Waals surface area (Å²) in [5, 5.41) is 2.99. The highest BCUT2D eigenvalue weighted by Gasteiger charge is 2.14. The Bertz CT molecular complexity index is 338. The fourth-order valence-corrected chi connectivity index (χ4v) is 1.82. The number of nitrogens with zero attached hydrogens (tertiary/aromatic N) is 1. The smallest absolute Gasteiger partial charge is 0.221 e. The predicted molar refractivity (Wildman–Crippen MR) is 67.5 cm³/mol. The van der Waals surface area contributed by atoms with E-state index in [-0.39, 0.29) is 11.9 Å². The number of aryl methyl sites for hydroxylation is 1. The van der Waals surface area contributed by atoms with E-state index in [0.29, 0.717) is 6.42 Å². The van der Waals surface area contributed by atoms with Gasteiger partial charge in [0.1, 0.15) is 5.82 Å². The van der Waals surface area contributed by atoms with Crippen molar-refractivity contribution in [3.8, 4) is 0 Å². The van der Waals surface area contributed by atoms with Crippen molar-refractivity contribution < 1.29 is 4.79 Å². The molecule has 0 fully saturated rings. The molecule has 1 atom stereocenters. The van der Waals surface area contributed by atoms with E-state index in [9.17, 15) is 4.79 Å². The van der Waals surface area contributed by atoms with Crippen molar-refractivity contribution in [2.45, 2.75) is 32.7 Å². The molecule has 0 unspecified atom stereocenters. The van der Waals surface area contributed by atoms with E-state index in [1.807, 2.05) is 20.1 Å². The summed E-state index contributed by atoms with van der Waals surface area (Å²) >= 11 is 1.68. The van der Waals surface area contributed by atoms with Gasteiger partial charge in [0.05, 0.1) is 6.04 Å². The van der Waals surface area contributed by atoms with Gasteiger partial charge >= 0.3 is 0 Å². The van der Waals surface area contributed by atoms with E-state index in [1.54, 1.807) is 18.0 Å². The lowest BCUT2D eigenvalue weighted by Gasteiger charge is -2.14. The van der Waals surface area contributed by atoms with Crippen molar-refractivity contribution in [2.24, 2.45) is 0 Å². The lowest BCUT2D eigenvalue weighted by molar-refractivity contribution is -0.121. The van der Waals surface area contributed by atoms with E-state index in [0.717, 1.165) is 23.7 Å². The molecule has 1 aromatic heterocycles. The first-order valence-electron chi connectivity index (χ1n) is 5.47. The third kappa shape index (κ3) is 3.89. The van der Waals surface area contributed by atoms with E-state index in [1.165, 1.54) is 0 Å². The van der Waals surface area contributed by atoms with Crippen LogP contribution in [0.25, 0.3) is 0 Å². The molecule has 1 heterocycles. The van der Waals surface area contributed by atoms with Crippen LogP contribution in [0.4, 0.5) is 0 Å². The molecule has 1 amide bonds. The minimum Gasteiger partial charge on any atom is -0.346 e. The van der Waals surface area contributed by atoms with Crippen LogP contribution < -0.4 is 5.32 Å². The summed E-state index contributed by atoms with van der Waals surface area (Å²) in [5.74, 6) is 1.80. The average molecular weight is 241 g/mol. The van der Waals surface area contributed by atoms with Gasteiger partial charge in [-0.3, -0.25) is 4.79 Å². The van der Waals surface area contributed by atoms with Crippen molar-refractivity contribution in [2.75, 3.05) is 12.0 Å². The molecular weight excluding hydrogens is 222 g/mol. The molecule has 4 nitrogen and oxygen atoms in total. The predicted octanol–water partition coefficient (Wildman–Crippen LogP) is 2.04. The third-order valence-corrected chi connectivity index (χ3v) is 2.94. The summed E-state index contributed by atoms with van der Waals surface area (Å²) in [7, 11) is 0. The molecule has 5 heteroatoms. The average Bonchev–Trinajstić information content (AvgIpc) is 2.69. The number of aromatic amines is 1. The van der Waals surface area contributed by atoms with Crippen LogP contribution in [-0.4, -0.2) is 27.9 Å².